The highest BCUT2D eigenvalue weighted by Crippen LogP contribution is 2.21. The molecule has 2 amide bonds. The molecule has 1 rings (SSSR count). The van der Waals surface area contributed by atoms with Crippen LogP contribution in [0.3, 0.4) is 0 Å². The number of carbonyl (C=O) groups excluding carboxylic acids is 1. The molecule has 1 aliphatic heterocycles. The number of hydrogen-bond donors (Lipinski definition) is 2. The van der Waals surface area contributed by atoms with Gasteiger partial charge in [0.05, 0.1) is 18.8 Å². The number of carboxylic acid groups (broad SMARTS) is 1. The Morgan fingerprint density at radius 1 is 1.45 bits per heavy atom. The first-order valence-electron chi connectivity index (χ1n) is 7.08. The van der Waals surface area contributed by atoms with Crippen LogP contribution < -0.4 is 5.32 Å². The summed E-state index contributed by atoms with van der Waals surface area (Å²) < 4.78 is 5.54. The lowest BCUT2D eigenvalue weighted by molar-refractivity contribution is -0.142. The molecule has 0 radical (unpaired) electrons. The van der Waals surface area contributed by atoms with Crippen molar-refractivity contribution in [2.75, 3.05) is 13.2 Å². The third-order valence-corrected chi connectivity index (χ3v) is 3.58. The van der Waals surface area contributed by atoms with Gasteiger partial charge in [-0.2, -0.15) is 0 Å². The van der Waals surface area contributed by atoms with Gasteiger partial charge in [0.25, 0.3) is 0 Å². The van der Waals surface area contributed by atoms with Crippen LogP contribution in [-0.4, -0.2) is 53.3 Å². The van der Waals surface area contributed by atoms with Crippen LogP contribution in [0.5, 0.6) is 0 Å². The first-order valence-corrected chi connectivity index (χ1v) is 7.08. The van der Waals surface area contributed by atoms with E-state index in [1.54, 1.807) is 25.7 Å². The molecule has 0 aromatic rings. The smallest absolute Gasteiger partial charge is 0.326 e. The van der Waals surface area contributed by atoms with E-state index in [4.69, 9.17) is 4.74 Å². The zero-order chi connectivity index (χ0) is 15.5. The topological polar surface area (TPSA) is 78.9 Å². The molecule has 116 valence electrons. The molecule has 0 bridgehead atoms. The molecule has 1 heterocycles. The minimum absolute atomic E-state index is 0.000568. The van der Waals surface area contributed by atoms with E-state index in [1.807, 2.05) is 13.8 Å². The van der Waals surface area contributed by atoms with Crippen molar-refractivity contribution in [3.05, 3.63) is 0 Å². The van der Waals surface area contributed by atoms with Crippen molar-refractivity contribution >= 4 is 12.0 Å². The quantitative estimate of drug-likeness (QED) is 0.827. The second kappa shape index (κ2) is 6.43. The number of amides is 2. The van der Waals surface area contributed by atoms with E-state index >= 15 is 0 Å². The van der Waals surface area contributed by atoms with Crippen LogP contribution in [0.2, 0.25) is 0 Å². The van der Waals surface area contributed by atoms with Crippen LogP contribution in [0.15, 0.2) is 0 Å². The summed E-state index contributed by atoms with van der Waals surface area (Å²) in [4.78, 5) is 25.4. The molecule has 20 heavy (non-hydrogen) atoms. The maximum atomic E-state index is 12.4. The Labute approximate surface area is 120 Å². The van der Waals surface area contributed by atoms with Crippen molar-refractivity contribution in [2.45, 2.75) is 59.2 Å². The monoisotopic (exact) mass is 286 g/mol. The molecule has 0 spiro atoms. The highest BCUT2D eigenvalue weighted by molar-refractivity contribution is 5.83. The third-order valence-electron chi connectivity index (χ3n) is 3.58. The van der Waals surface area contributed by atoms with Gasteiger partial charge in [-0.25, -0.2) is 9.59 Å². The van der Waals surface area contributed by atoms with Crippen molar-refractivity contribution in [1.82, 2.24) is 10.2 Å². The molecule has 6 heteroatoms. The Morgan fingerprint density at radius 2 is 2.05 bits per heavy atom. The average Bonchev–Trinajstić information content (AvgIpc) is 2.33. The van der Waals surface area contributed by atoms with Crippen molar-refractivity contribution in [1.29, 1.82) is 0 Å². The minimum Gasteiger partial charge on any atom is -0.480 e. The molecule has 2 unspecified atom stereocenters. The molecule has 1 aliphatic rings. The van der Waals surface area contributed by atoms with E-state index in [9.17, 15) is 14.7 Å². The summed E-state index contributed by atoms with van der Waals surface area (Å²) >= 11 is 0. The molecule has 0 aromatic heterocycles. The van der Waals surface area contributed by atoms with Gasteiger partial charge in [0.2, 0.25) is 0 Å². The summed E-state index contributed by atoms with van der Waals surface area (Å²) in [6, 6.07) is -1.24. The average molecular weight is 286 g/mol. The van der Waals surface area contributed by atoms with Crippen LogP contribution in [0.25, 0.3) is 0 Å². The van der Waals surface area contributed by atoms with E-state index in [1.165, 1.54) is 0 Å². The second-order valence-corrected chi connectivity index (χ2v) is 6.45. The van der Waals surface area contributed by atoms with Crippen LogP contribution in [0.4, 0.5) is 4.79 Å². The van der Waals surface area contributed by atoms with Crippen LogP contribution in [0, 0.1) is 5.41 Å². The molecule has 0 saturated carbocycles. The molecule has 1 fully saturated rings. The predicted molar refractivity (Wildman–Crippen MR) is 75.6 cm³/mol. The minimum atomic E-state index is -1.01. The summed E-state index contributed by atoms with van der Waals surface area (Å²) in [6.45, 7) is 10.3. The van der Waals surface area contributed by atoms with Crippen molar-refractivity contribution < 1.29 is 19.4 Å². The van der Waals surface area contributed by atoms with E-state index < -0.39 is 17.4 Å². The van der Waals surface area contributed by atoms with Gasteiger partial charge in [-0.15, -0.1) is 0 Å². The Balaban J connectivity index is 2.79. The number of urea groups is 1. The number of nitrogens with zero attached hydrogens (tertiary/aromatic N) is 1. The van der Waals surface area contributed by atoms with Crippen LogP contribution in [0.1, 0.15) is 41.0 Å². The second-order valence-electron chi connectivity index (χ2n) is 6.45. The fourth-order valence-corrected chi connectivity index (χ4v) is 2.29. The van der Waals surface area contributed by atoms with Gasteiger partial charge >= 0.3 is 12.0 Å². The Hall–Kier alpha value is -1.30. The first kappa shape index (κ1) is 16.8. The summed E-state index contributed by atoms with van der Waals surface area (Å²) in [5.74, 6) is -1.01. The maximum Gasteiger partial charge on any atom is 0.326 e. The van der Waals surface area contributed by atoms with Crippen molar-refractivity contribution in [3.63, 3.8) is 0 Å². The van der Waals surface area contributed by atoms with Gasteiger partial charge in [0.15, 0.2) is 0 Å². The highest BCUT2D eigenvalue weighted by Gasteiger charge is 2.36. The lowest BCUT2D eigenvalue weighted by atomic mass is 9.87. The Bertz CT molecular complexity index is 365. The number of ether oxygens (including phenoxy) is 1. The van der Waals surface area contributed by atoms with Gasteiger partial charge in [-0.05, 0) is 18.8 Å². The largest absolute Gasteiger partial charge is 0.480 e. The lowest BCUT2D eigenvalue weighted by Gasteiger charge is -2.39. The van der Waals surface area contributed by atoms with E-state index in [2.05, 4.69) is 5.32 Å². The summed E-state index contributed by atoms with van der Waals surface area (Å²) in [5, 5.41) is 11.9. The van der Waals surface area contributed by atoms with Crippen LogP contribution >= 0.6 is 0 Å². The molecular weight excluding hydrogens is 260 g/mol. The Morgan fingerprint density at radius 3 is 2.50 bits per heavy atom. The molecule has 6 nitrogen and oxygen atoms in total. The molecule has 3 atom stereocenters. The number of morpholine rings is 1. The molecule has 2 N–H and O–H groups in total. The lowest BCUT2D eigenvalue weighted by Crippen LogP contribution is -2.59. The van der Waals surface area contributed by atoms with E-state index in [-0.39, 0.29) is 18.2 Å². The number of carboxylic acids is 1. The van der Waals surface area contributed by atoms with Crippen LogP contribution in [-0.2, 0) is 9.53 Å². The molecule has 1 saturated heterocycles. The summed E-state index contributed by atoms with van der Waals surface area (Å²) in [6.07, 6.45) is 0.759. The van der Waals surface area contributed by atoms with Gasteiger partial charge in [0, 0.05) is 6.54 Å². The number of carbonyl (C=O) groups is 2. The van der Waals surface area contributed by atoms with Crippen molar-refractivity contribution in [2.24, 2.45) is 5.41 Å². The van der Waals surface area contributed by atoms with Crippen molar-refractivity contribution in [3.8, 4) is 0 Å². The Kier molecular flexibility index (Phi) is 5.39. The number of nitrogens with one attached hydrogen (secondary N) is 1. The fourth-order valence-electron chi connectivity index (χ4n) is 2.29. The predicted octanol–water partition coefficient (Wildman–Crippen LogP) is 1.69. The third kappa shape index (κ3) is 4.10. The summed E-state index contributed by atoms with van der Waals surface area (Å²) in [7, 11) is 0. The molecule has 0 aliphatic carbocycles. The van der Waals surface area contributed by atoms with E-state index in [0.717, 1.165) is 6.42 Å². The SMILES string of the molecule is CCC1COC(C)CN1C(=O)N[C@H](C(=O)O)C(C)(C)C. The normalized spacial score (nSPS) is 25.1. The molecule has 0 aromatic carbocycles. The van der Waals surface area contributed by atoms with Gasteiger partial charge < -0.3 is 20.1 Å². The summed E-state index contributed by atoms with van der Waals surface area (Å²) in [5.41, 5.74) is -0.541. The zero-order valence-corrected chi connectivity index (χ0v) is 13.0. The first-order chi connectivity index (χ1) is 9.16. The van der Waals surface area contributed by atoms with E-state index in [0.29, 0.717) is 13.2 Å². The van der Waals surface area contributed by atoms with Gasteiger partial charge in [-0.3, -0.25) is 0 Å². The van der Waals surface area contributed by atoms with Gasteiger partial charge in [0.1, 0.15) is 6.04 Å². The maximum absolute atomic E-state index is 12.4. The number of aliphatic carboxylic acids is 1. The number of rotatable bonds is 3. The number of hydrogen-bond acceptors (Lipinski definition) is 3. The molecular formula is C14H26N2O4. The fraction of sp³-hybridized carbons (Fsp3) is 0.857. The zero-order valence-electron chi connectivity index (χ0n) is 13.0. The van der Waals surface area contributed by atoms with Gasteiger partial charge in [-0.1, -0.05) is 27.7 Å². The standard InChI is InChI=1S/C14H26N2O4/c1-6-10-8-20-9(2)7-16(10)13(19)15-11(12(17)18)14(3,4)5/h9-11H,6-8H2,1-5H3,(H,15,19)(H,17,18)/t9?,10?,11-/m1/s1. The highest BCUT2D eigenvalue weighted by atomic mass is 16.5.